The first-order chi connectivity index (χ1) is 13.8. The molecule has 0 atom stereocenters. The van der Waals surface area contributed by atoms with Crippen molar-refractivity contribution in [2.45, 2.75) is 52.0 Å². The molecule has 29 heavy (non-hydrogen) atoms. The minimum absolute atomic E-state index is 0.377. The van der Waals surface area contributed by atoms with Gasteiger partial charge in [0.15, 0.2) is 5.75 Å². The number of benzene rings is 1. The maximum atomic E-state index is 6.07. The molecule has 0 unspecified atom stereocenters. The molecule has 0 amide bonds. The average molecular weight is 392 g/mol. The molecule has 1 saturated heterocycles. The van der Waals surface area contributed by atoms with Gasteiger partial charge in [-0.25, -0.2) is 9.97 Å². The third-order valence-corrected chi connectivity index (χ3v) is 5.41. The van der Waals surface area contributed by atoms with Crippen LogP contribution in [0.3, 0.4) is 0 Å². The predicted octanol–water partition coefficient (Wildman–Crippen LogP) is 2.60. The van der Waals surface area contributed by atoms with Crippen LogP contribution in [0.4, 0.5) is 0 Å². The molecule has 1 aliphatic rings. The Hall–Kier alpha value is -2.71. The summed E-state index contributed by atoms with van der Waals surface area (Å²) in [5, 5.41) is 4.40. The van der Waals surface area contributed by atoms with E-state index < -0.39 is 7.12 Å². The average Bonchev–Trinajstić information content (AvgIpc) is 3.24. The van der Waals surface area contributed by atoms with E-state index >= 15 is 0 Å². The van der Waals surface area contributed by atoms with Crippen LogP contribution in [0.2, 0.25) is 0 Å². The van der Waals surface area contributed by atoms with Crippen molar-refractivity contribution < 1.29 is 14.0 Å². The van der Waals surface area contributed by atoms with Gasteiger partial charge >= 0.3 is 7.12 Å². The van der Waals surface area contributed by atoms with E-state index in [-0.39, 0.29) is 11.2 Å². The van der Waals surface area contributed by atoms with Crippen molar-refractivity contribution in [3.63, 3.8) is 0 Å². The fourth-order valence-corrected chi connectivity index (χ4v) is 2.95. The molecule has 3 aromatic rings. The standard InChI is InChI=1S/C21H25BN4O3/c1-20(2)21(3,4)29-22(28-20)17-10-25-26(13-17)14-19-23-11-18(12-24-19)27-15-16-8-6-5-7-9-16/h5-13H,14-15H2,1-4H3. The van der Waals surface area contributed by atoms with E-state index in [1.807, 2.05) is 64.2 Å². The van der Waals surface area contributed by atoms with E-state index in [0.29, 0.717) is 24.7 Å². The van der Waals surface area contributed by atoms with Gasteiger partial charge in [0.25, 0.3) is 0 Å². The molecular weight excluding hydrogens is 367 g/mol. The first-order valence-corrected chi connectivity index (χ1v) is 9.68. The maximum Gasteiger partial charge on any atom is 0.498 e. The van der Waals surface area contributed by atoms with Gasteiger partial charge in [-0.1, -0.05) is 30.3 Å². The smallest absolute Gasteiger partial charge is 0.486 e. The third-order valence-electron chi connectivity index (χ3n) is 5.41. The summed E-state index contributed by atoms with van der Waals surface area (Å²) in [5.41, 5.74) is 1.23. The van der Waals surface area contributed by atoms with E-state index in [1.54, 1.807) is 23.3 Å². The van der Waals surface area contributed by atoms with Crippen LogP contribution < -0.4 is 10.2 Å². The van der Waals surface area contributed by atoms with Crippen molar-refractivity contribution in [1.82, 2.24) is 19.7 Å². The Labute approximate surface area is 171 Å². The van der Waals surface area contributed by atoms with Crippen molar-refractivity contribution in [2.24, 2.45) is 0 Å². The van der Waals surface area contributed by atoms with Gasteiger partial charge in [0.2, 0.25) is 0 Å². The molecule has 1 aliphatic heterocycles. The zero-order valence-electron chi connectivity index (χ0n) is 17.2. The fraction of sp³-hybridized carbons (Fsp3) is 0.381. The summed E-state index contributed by atoms with van der Waals surface area (Å²) in [4.78, 5) is 8.76. The summed E-state index contributed by atoms with van der Waals surface area (Å²) in [6, 6.07) is 9.99. The summed E-state index contributed by atoms with van der Waals surface area (Å²) in [6.45, 7) is 9.08. The van der Waals surface area contributed by atoms with Crippen LogP contribution in [-0.2, 0) is 22.5 Å². The molecular formula is C21H25BN4O3. The van der Waals surface area contributed by atoms with Gasteiger partial charge in [-0.2, -0.15) is 5.10 Å². The summed E-state index contributed by atoms with van der Waals surface area (Å²) >= 11 is 0. The van der Waals surface area contributed by atoms with Crippen LogP contribution in [-0.4, -0.2) is 38.1 Å². The summed E-state index contributed by atoms with van der Waals surface area (Å²) in [6.07, 6.45) is 7.04. The van der Waals surface area contributed by atoms with Crippen molar-refractivity contribution in [3.8, 4) is 5.75 Å². The fourth-order valence-electron chi connectivity index (χ4n) is 2.95. The molecule has 0 spiro atoms. The largest absolute Gasteiger partial charge is 0.498 e. The van der Waals surface area contributed by atoms with Crippen molar-refractivity contribution in [2.75, 3.05) is 0 Å². The molecule has 0 N–H and O–H groups in total. The van der Waals surface area contributed by atoms with Crippen LogP contribution in [0.5, 0.6) is 5.75 Å². The minimum Gasteiger partial charge on any atom is -0.486 e. The highest BCUT2D eigenvalue weighted by Crippen LogP contribution is 2.36. The van der Waals surface area contributed by atoms with Crippen LogP contribution in [0.1, 0.15) is 39.1 Å². The van der Waals surface area contributed by atoms with Gasteiger partial charge in [-0.05, 0) is 33.3 Å². The number of nitrogens with zero attached hydrogens (tertiary/aromatic N) is 4. The number of ether oxygens (including phenoxy) is 1. The van der Waals surface area contributed by atoms with Gasteiger partial charge in [0.1, 0.15) is 19.0 Å². The Kier molecular flexibility index (Phi) is 5.14. The lowest BCUT2D eigenvalue weighted by atomic mass is 9.82. The Morgan fingerprint density at radius 3 is 2.28 bits per heavy atom. The van der Waals surface area contributed by atoms with Crippen molar-refractivity contribution >= 4 is 12.6 Å². The zero-order chi connectivity index (χ0) is 20.5. The second kappa shape index (κ2) is 7.61. The van der Waals surface area contributed by atoms with Crippen LogP contribution in [0.25, 0.3) is 0 Å². The first kappa shape index (κ1) is 19.6. The molecule has 2 aromatic heterocycles. The van der Waals surface area contributed by atoms with Gasteiger partial charge in [0, 0.05) is 17.9 Å². The monoisotopic (exact) mass is 392 g/mol. The molecule has 7 nitrogen and oxygen atoms in total. The number of hydrogen-bond donors (Lipinski definition) is 0. The van der Waals surface area contributed by atoms with Gasteiger partial charge in [0.05, 0.1) is 23.6 Å². The van der Waals surface area contributed by atoms with Crippen LogP contribution >= 0.6 is 0 Å². The second-order valence-electron chi connectivity index (χ2n) is 8.17. The third kappa shape index (κ3) is 4.33. The molecule has 8 heteroatoms. The van der Waals surface area contributed by atoms with E-state index in [1.165, 1.54) is 0 Å². The van der Waals surface area contributed by atoms with Gasteiger partial charge in [-0.15, -0.1) is 0 Å². The van der Waals surface area contributed by atoms with Crippen molar-refractivity contribution in [3.05, 3.63) is 66.5 Å². The normalized spacial score (nSPS) is 17.4. The Morgan fingerprint density at radius 2 is 1.62 bits per heavy atom. The molecule has 1 aromatic carbocycles. The molecule has 0 radical (unpaired) electrons. The Balaban J connectivity index is 1.35. The lowest BCUT2D eigenvalue weighted by molar-refractivity contribution is 0.00578. The Morgan fingerprint density at radius 1 is 0.966 bits per heavy atom. The van der Waals surface area contributed by atoms with E-state index in [4.69, 9.17) is 14.0 Å². The maximum absolute atomic E-state index is 6.07. The molecule has 0 bridgehead atoms. The lowest BCUT2D eigenvalue weighted by Gasteiger charge is -2.32. The summed E-state index contributed by atoms with van der Waals surface area (Å²) < 4.78 is 19.6. The lowest BCUT2D eigenvalue weighted by Crippen LogP contribution is -2.41. The van der Waals surface area contributed by atoms with E-state index in [9.17, 15) is 0 Å². The highest BCUT2D eigenvalue weighted by atomic mass is 16.7. The van der Waals surface area contributed by atoms with E-state index in [0.717, 1.165) is 11.0 Å². The Bertz CT molecular complexity index is 942. The van der Waals surface area contributed by atoms with Gasteiger partial charge < -0.3 is 14.0 Å². The van der Waals surface area contributed by atoms with Gasteiger partial charge in [-0.3, -0.25) is 4.68 Å². The zero-order valence-corrected chi connectivity index (χ0v) is 17.2. The highest BCUT2D eigenvalue weighted by Gasteiger charge is 2.52. The first-order valence-electron chi connectivity index (χ1n) is 9.68. The molecule has 1 fully saturated rings. The van der Waals surface area contributed by atoms with Crippen LogP contribution in [0.15, 0.2) is 55.1 Å². The topological polar surface area (TPSA) is 71.3 Å². The SMILES string of the molecule is CC1(C)OB(c2cnn(Cc3ncc(OCc4ccccc4)cn3)c2)OC1(C)C. The summed E-state index contributed by atoms with van der Waals surface area (Å²) in [7, 11) is -0.427. The molecule has 3 heterocycles. The molecule has 150 valence electrons. The second-order valence-corrected chi connectivity index (χ2v) is 8.17. The summed E-state index contributed by atoms with van der Waals surface area (Å²) in [5.74, 6) is 1.29. The number of aromatic nitrogens is 4. The molecule has 0 saturated carbocycles. The number of hydrogen-bond acceptors (Lipinski definition) is 6. The van der Waals surface area contributed by atoms with E-state index in [2.05, 4.69) is 15.1 Å². The quantitative estimate of drug-likeness (QED) is 0.601. The van der Waals surface area contributed by atoms with Crippen molar-refractivity contribution in [1.29, 1.82) is 0 Å². The molecule has 0 aliphatic carbocycles. The predicted molar refractivity (Wildman–Crippen MR) is 110 cm³/mol. The van der Waals surface area contributed by atoms with Crippen LogP contribution in [0, 0.1) is 0 Å². The highest BCUT2D eigenvalue weighted by molar-refractivity contribution is 6.61. The minimum atomic E-state index is -0.427. The number of rotatable bonds is 6. The molecule has 4 rings (SSSR count).